The van der Waals surface area contributed by atoms with E-state index in [-0.39, 0.29) is 6.54 Å². The quantitative estimate of drug-likeness (QED) is 0.869. The zero-order valence-corrected chi connectivity index (χ0v) is 12.3. The van der Waals surface area contributed by atoms with Crippen LogP contribution in [-0.4, -0.2) is 54.2 Å². The molecule has 1 fully saturated rings. The van der Waals surface area contributed by atoms with Crippen LogP contribution < -0.4 is 4.90 Å². The maximum absolute atomic E-state index is 12.4. The van der Waals surface area contributed by atoms with E-state index >= 15 is 0 Å². The summed E-state index contributed by atoms with van der Waals surface area (Å²) in [5.74, 6) is 0. The zero-order valence-electron chi connectivity index (χ0n) is 11.5. The fourth-order valence-corrected chi connectivity index (χ4v) is 3.26. The van der Waals surface area contributed by atoms with Gasteiger partial charge in [-0.15, -0.1) is 10.2 Å². The lowest BCUT2D eigenvalue weighted by atomic mass is 10.2. The van der Waals surface area contributed by atoms with Crippen molar-refractivity contribution >= 4 is 16.5 Å². The molecule has 2 aromatic rings. The number of nitrogens with zero attached hydrogens (tertiary/aromatic N) is 4. The van der Waals surface area contributed by atoms with E-state index in [4.69, 9.17) is 0 Å². The molecule has 21 heavy (non-hydrogen) atoms. The van der Waals surface area contributed by atoms with Gasteiger partial charge in [0.05, 0.1) is 6.54 Å². The van der Waals surface area contributed by atoms with Crippen LogP contribution in [0.1, 0.15) is 0 Å². The molecule has 0 radical (unpaired) electrons. The van der Waals surface area contributed by atoms with Crippen LogP contribution in [0.25, 0.3) is 10.6 Å². The minimum Gasteiger partial charge on any atom is -0.344 e. The average molecular weight is 310 g/mol. The summed E-state index contributed by atoms with van der Waals surface area (Å²) in [6.07, 6.45) is -2.26. The maximum atomic E-state index is 12.4. The Bertz CT molecular complexity index is 567. The molecule has 1 aromatic carbocycles. The van der Waals surface area contributed by atoms with E-state index < -0.39 is 6.43 Å². The van der Waals surface area contributed by atoms with Crippen LogP contribution in [0.15, 0.2) is 30.3 Å². The van der Waals surface area contributed by atoms with Crippen LogP contribution in [0, 0.1) is 0 Å². The Morgan fingerprint density at radius 3 is 2.43 bits per heavy atom. The summed E-state index contributed by atoms with van der Waals surface area (Å²) in [4.78, 5) is 3.91. The van der Waals surface area contributed by atoms with Gasteiger partial charge in [-0.1, -0.05) is 41.7 Å². The van der Waals surface area contributed by atoms with E-state index in [1.54, 1.807) is 16.2 Å². The molecular weight excluding hydrogens is 294 g/mol. The molecule has 1 saturated heterocycles. The number of aromatic nitrogens is 2. The Morgan fingerprint density at radius 1 is 1.05 bits per heavy atom. The first kappa shape index (κ1) is 14.3. The van der Waals surface area contributed by atoms with E-state index in [9.17, 15) is 8.78 Å². The lowest BCUT2D eigenvalue weighted by Crippen LogP contribution is -2.47. The van der Waals surface area contributed by atoms with Gasteiger partial charge in [-0.25, -0.2) is 8.78 Å². The minimum absolute atomic E-state index is 0.140. The second kappa shape index (κ2) is 6.44. The third-order valence-electron chi connectivity index (χ3n) is 3.47. The Labute approximate surface area is 126 Å². The first-order valence-electron chi connectivity index (χ1n) is 6.87. The monoisotopic (exact) mass is 310 g/mol. The first-order valence-corrected chi connectivity index (χ1v) is 7.68. The van der Waals surface area contributed by atoms with Gasteiger partial charge in [0.1, 0.15) is 5.01 Å². The molecule has 7 heteroatoms. The molecular formula is C14H16F2N4S. The summed E-state index contributed by atoms with van der Waals surface area (Å²) in [5, 5.41) is 10.2. The van der Waals surface area contributed by atoms with E-state index in [1.165, 1.54) is 0 Å². The average Bonchev–Trinajstić information content (AvgIpc) is 2.98. The van der Waals surface area contributed by atoms with Crippen LogP contribution in [0.3, 0.4) is 0 Å². The lowest BCUT2D eigenvalue weighted by Gasteiger charge is -2.33. The van der Waals surface area contributed by atoms with Crippen LogP contribution in [-0.2, 0) is 0 Å². The van der Waals surface area contributed by atoms with Crippen molar-refractivity contribution in [2.24, 2.45) is 0 Å². The Morgan fingerprint density at radius 2 is 1.76 bits per heavy atom. The van der Waals surface area contributed by atoms with Crippen molar-refractivity contribution in [2.45, 2.75) is 6.43 Å². The Balaban J connectivity index is 1.63. The number of rotatable bonds is 4. The molecule has 2 heterocycles. The van der Waals surface area contributed by atoms with Crippen molar-refractivity contribution in [3.05, 3.63) is 30.3 Å². The summed E-state index contributed by atoms with van der Waals surface area (Å²) >= 11 is 1.54. The van der Waals surface area contributed by atoms with Gasteiger partial charge in [-0.3, -0.25) is 4.90 Å². The van der Waals surface area contributed by atoms with E-state index in [0.717, 1.165) is 28.8 Å². The summed E-state index contributed by atoms with van der Waals surface area (Å²) in [7, 11) is 0. The molecule has 0 saturated carbocycles. The van der Waals surface area contributed by atoms with Crippen LogP contribution >= 0.6 is 11.3 Å². The molecule has 0 atom stereocenters. The van der Waals surface area contributed by atoms with Crippen molar-refractivity contribution in [1.82, 2.24) is 15.1 Å². The molecule has 1 aromatic heterocycles. The second-order valence-corrected chi connectivity index (χ2v) is 5.89. The third kappa shape index (κ3) is 3.54. The standard InChI is InChI=1S/C14H16F2N4S/c15-12(16)10-19-6-8-20(9-7-19)14-18-17-13(21-14)11-4-2-1-3-5-11/h1-5,12H,6-10H2. The Hall–Kier alpha value is -1.60. The molecule has 0 bridgehead atoms. The van der Waals surface area contributed by atoms with Gasteiger partial charge in [0.2, 0.25) is 5.13 Å². The predicted molar refractivity (Wildman–Crippen MR) is 80.0 cm³/mol. The highest BCUT2D eigenvalue weighted by atomic mass is 32.1. The van der Waals surface area contributed by atoms with Gasteiger partial charge in [-0.05, 0) is 0 Å². The summed E-state index contributed by atoms with van der Waals surface area (Å²) in [5.41, 5.74) is 1.05. The van der Waals surface area contributed by atoms with E-state index in [1.807, 2.05) is 30.3 Å². The SMILES string of the molecule is FC(F)CN1CCN(c2nnc(-c3ccccc3)s2)CC1. The first-order chi connectivity index (χ1) is 10.2. The van der Waals surface area contributed by atoms with Crippen molar-refractivity contribution in [2.75, 3.05) is 37.6 Å². The molecule has 4 nitrogen and oxygen atoms in total. The van der Waals surface area contributed by atoms with Crippen molar-refractivity contribution < 1.29 is 8.78 Å². The number of halogens is 2. The smallest absolute Gasteiger partial charge is 0.251 e. The van der Waals surface area contributed by atoms with Gasteiger partial charge in [0.15, 0.2) is 0 Å². The lowest BCUT2D eigenvalue weighted by molar-refractivity contribution is 0.0854. The van der Waals surface area contributed by atoms with Gasteiger partial charge < -0.3 is 4.90 Å². The van der Waals surface area contributed by atoms with E-state index in [0.29, 0.717) is 13.1 Å². The molecule has 0 spiro atoms. The summed E-state index contributed by atoms with van der Waals surface area (Å²) < 4.78 is 24.7. The van der Waals surface area contributed by atoms with Crippen molar-refractivity contribution in [3.8, 4) is 10.6 Å². The fraction of sp³-hybridized carbons (Fsp3) is 0.429. The summed E-state index contributed by atoms with van der Waals surface area (Å²) in [6.45, 7) is 2.58. The molecule has 1 aliphatic heterocycles. The highest BCUT2D eigenvalue weighted by molar-refractivity contribution is 7.18. The molecule has 0 amide bonds. The highest BCUT2D eigenvalue weighted by Gasteiger charge is 2.22. The number of alkyl halides is 2. The molecule has 112 valence electrons. The molecule has 3 rings (SSSR count). The minimum atomic E-state index is -2.26. The van der Waals surface area contributed by atoms with Crippen molar-refractivity contribution in [1.29, 1.82) is 0 Å². The molecule has 0 N–H and O–H groups in total. The number of piperazine rings is 1. The molecule has 0 unspecified atom stereocenters. The van der Waals surface area contributed by atoms with Crippen LogP contribution in [0.2, 0.25) is 0 Å². The zero-order chi connectivity index (χ0) is 14.7. The van der Waals surface area contributed by atoms with Crippen LogP contribution in [0.5, 0.6) is 0 Å². The second-order valence-electron chi connectivity index (χ2n) is 4.93. The number of benzene rings is 1. The molecule has 1 aliphatic rings. The van der Waals surface area contributed by atoms with E-state index in [2.05, 4.69) is 15.1 Å². The molecule has 0 aliphatic carbocycles. The summed E-state index contributed by atoms with van der Waals surface area (Å²) in [6, 6.07) is 9.92. The number of anilines is 1. The predicted octanol–water partition coefficient (Wildman–Crippen LogP) is 2.59. The van der Waals surface area contributed by atoms with Crippen LogP contribution in [0.4, 0.5) is 13.9 Å². The maximum Gasteiger partial charge on any atom is 0.251 e. The number of hydrogen-bond acceptors (Lipinski definition) is 5. The number of hydrogen-bond donors (Lipinski definition) is 0. The Kier molecular flexibility index (Phi) is 4.40. The van der Waals surface area contributed by atoms with Gasteiger partial charge >= 0.3 is 0 Å². The van der Waals surface area contributed by atoms with Gasteiger partial charge in [0.25, 0.3) is 6.43 Å². The highest BCUT2D eigenvalue weighted by Crippen LogP contribution is 2.28. The normalized spacial score (nSPS) is 16.6. The fourth-order valence-electron chi connectivity index (χ4n) is 2.36. The van der Waals surface area contributed by atoms with Gasteiger partial charge in [0, 0.05) is 31.7 Å². The topological polar surface area (TPSA) is 32.3 Å². The third-order valence-corrected chi connectivity index (χ3v) is 4.51. The van der Waals surface area contributed by atoms with Crippen molar-refractivity contribution in [3.63, 3.8) is 0 Å². The van der Waals surface area contributed by atoms with Gasteiger partial charge in [-0.2, -0.15) is 0 Å². The largest absolute Gasteiger partial charge is 0.344 e.